The fourth-order valence-corrected chi connectivity index (χ4v) is 2.04. The lowest BCUT2D eigenvalue weighted by Crippen LogP contribution is -2.30. The molecule has 0 atom stereocenters. The van der Waals surface area contributed by atoms with Gasteiger partial charge in [0.1, 0.15) is 0 Å². The lowest BCUT2D eigenvalue weighted by molar-refractivity contribution is 0.251. The van der Waals surface area contributed by atoms with Gasteiger partial charge in [0.2, 0.25) is 0 Å². The van der Waals surface area contributed by atoms with Crippen LogP contribution in [-0.2, 0) is 6.54 Å². The van der Waals surface area contributed by atoms with Crippen LogP contribution in [0.3, 0.4) is 0 Å². The van der Waals surface area contributed by atoms with Crippen LogP contribution in [0.15, 0.2) is 36.7 Å². The van der Waals surface area contributed by atoms with E-state index >= 15 is 0 Å². The van der Waals surface area contributed by atoms with Crippen molar-refractivity contribution < 1.29 is 4.79 Å². The number of rotatable bonds is 5. The average Bonchev–Trinajstić information content (AvgIpc) is 2.91. The molecule has 0 saturated heterocycles. The Morgan fingerprint density at radius 1 is 1.45 bits per heavy atom. The zero-order valence-corrected chi connectivity index (χ0v) is 12.0. The normalized spacial score (nSPS) is 10.3. The number of amides is 2. The molecule has 2 rings (SSSR count). The third-order valence-electron chi connectivity index (χ3n) is 2.85. The predicted molar refractivity (Wildman–Crippen MR) is 80.1 cm³/mol. The summed E-state index contributed by atoms with van der Waals surface area (Å²) in [6, 6.07) is 7.03. The molecule has 1 heterocycles. The summed E-state index contributed by atoms with van der Waals surface area (Å²) in [5.41, 5.74) is 1.70. The first-order chi connectivity index (χ1) is 9.65. The van der Waals surface area contributed by atoms with Crippen molar-refractivity contribution in [2.24, 2.45) is 0 Å². The third-order valence-corrected chi connectivity index (χ3v) is 3.08. The van der Waals surface area contributed by atoms with Gasteiger partial charge in [0, 0.05) is 36.2 Å². The number of carbonyl (C=O) groups excluding carboxylic acids is 1. The van der Waals surface area contributed by atoms with E-state index in [0.29, 0.717) is 11.6 Å². The Labute approximate surface area is 122 Å². The van der Waals surface area contributed by atoms with Gasteiger partial charge in [-0.1, -0.05) is 11.6 Å². The van der Waals surface area contributed by atoms with Gasteiger partial charge in [0.15, 0.2) is 0 Å². The minimum absolute atomic E-state index is 0.212. The van der Waals surface area contributed by atoms with Gasteiger partial charge in [-0.25, -0.2) is 4.79 Å². The van der Waals surface area contributed by atoms with Gasteiger partial charge in [-0.3, -0.25) is 4.68 Å². The Kier molecular flexibility index (Phi) is 5.01. The average molecular weight is 293 g/mol. The molecule has 0 bridgehead atoms. The molecule has 0 radical (unpaired) electrons. The smallest absolute Gasteiger partial charge is 0.319 e. The number of aryl methyl sites for hydroxylation is 2. The summed E-state index contributed by atoms with van der Waals surface area (Å²) < 4.78 is 1.84. The van der Waals surface area contributed by atoms with Gasteiger partial charge in [-0.15, -0.1) is 0 Å². The first kappa shape index (κ1) is 14.4. The minimum atomic E-state index is -0.212. The predicted octanol–water partition coefficient (Wildman–Crippen LogP) is 3.06. The number of halogens is 1. The minimum Gasteiger partial charge on any atom is -0.338 e. The van der Waals surface area contributed by atoms with Gasteiger partial charge >= 0.3 is 6.03 Å². The second kappa shape index (κ2) is 6.96. The van der Waals surface area contributed by atoms with Crippen molar-refractivity contribution >= 4 is 23.3 Å². The SMILES string of the molecule is Cc1cc(Cl)ccc1NC(=O)NCCCn1cccn1. The largest absolute Gasteiger partial charge is 0.338 e. The van der Waals surface area contributed by atoms with Gasteiger partial charge in [-0.2, -0.15) is 5.10 Å². The molecule has 20 heavy (non-hydrogen) atoms. The van der Waals surface area contributed by atoms with Crippen LogP contribution in [0.5, 0.6) is 0 Å². The van der Waals surface area contributed by atoms with Crippen LogP contribution in [0, 0.1) is 6.92 Å². The maximum absolute atomic E-state index is 11.7. The van der Waals surface area contributed by atoms with Crippen LogP contribution in [0.1, 0.15) is 12.0 Å². The van der Waals surface area contributed by atoms with Crippen LogP contribution in [0.2, 0.25) is 5.02 Å². The molecule has 2 N–H and O–H groups in total. The van der Waals surface area contributed by atoms with Gasteiger partial charge in [0.05, 0.1) is 0 Å². The highest BCUT2D eigenvalue weighted by atomic mass is 35.5. The van der Waals surface area contributed by atoms with Crippen molar-refractivity contribution in [3.05, 3.63) is 47.2 Å². The molecule has 1 aromatic carbocycles. The summed E-state index contributed by atoms with van der Waals surface area (Å²) in [4.78, 5) is 11.7. The molecule has 0 fully saturated rings. The fraction of sp³-hybridized carbons (Fsp3) is 0.286. The zero-order valence-electron chi connectivity index (χ0n) is 11.3. The third kappa shape index (κ3) is 4.28. The highest BCUT2D eigenvalue weighted by Gasteiger charge is 2.04. The number of hydrogen-bond acceptors (Lipinski definition) is 2. The number of anilines is 1. The highest BCUT2D eigenvalue weighted by Crippen LogP contribution is 2.19. The number of benzene rings is 1. The van der Waals surface area contributed by atoms with Crippen LogP contribution >= 0.6 is 11.6 Å². The number of carbonyl (C=O) groups is 1. The van der Waals surface area contributed by atoms with Crippen LogP contribution in [0.25, 0.3) is 0 Å². The molecule has 5 nitrogen and oxygen atoms in total. The molecular weight excluding hydrogens is 276 g/mol. The van der Waals surface area contributed by atoms with E-state index in [0.717, 1.165) is 24.2 Å². The molecule has 0 aliphatic heterocycles. The van der Waals surface area contributed by atoms with Gasteiger partial charge in [-0.05, 0) is 43.2 Å². The maximum atomic E-state index is 11.7. The number of nitrogens with one attached hydrogen (secondary N) is 2. The first-order valence-corrected chi connectivity index (χ1v) is 6.81. The summed E-state index contributed by atoms with van der Waals surface area (Å²) in [6.07, 6.45) is 4.47. The Bertz CT molecular complexity index is 569. The van der Waals surface area contributed by atoms with E-state index in [4.69, 9.17) is 11.6 Å². The van der Waals surface area contributed by atoms with E-state index in [2.05, 4.69) is 15.7 Å². The number of urea groups is 1. The number of hydrogen-bond donors (Lipinski definition) is 2. The van der Waals surface area contributed by atoms with E-state index in [9.17, 15) is 4.79 Å². The van der Waals surface area contributed by atoms with E-state index in [-0.39, 0.29) is 6.03 Å². The summed E-state index contributed by atoms with van der Waals surface area (Å²) in [7, 11) is 0. The standard InChI is InChI=1S/C14H17ClN4O/c1-11-10-12(15)4-5-13(11)18-14(20)16-6-2-8-19-9-3-7-17-19/h3-5,7,9-10H,2,6,8H2,1H3,(H2,16,18,20). The van der Waals surface area contributed by atoms with E-state index in [1.807, 2.05) is 29.9 Å². The van der Waals surface area contributed by atoms with Crippen molar-refractivity contribution in [1.82, 2.24) is 15.1 Å². The molecule has 1 aromatic heterocycles. The molecule has 0 aliphatic carbocycles. The Hall–Kier alpha value is -2.01. The zero-order chi connectivity index (χ0) is 14.4. The van der Waals surface area contributed by atoms with Crippen molar-refractivity contribution in [1.29, 1.82) is 0 Å². The quantitative estimate of drug-likeness (QED) is 0.832. The van der Waals surface area contributed by atoms with Crippen molar-refractivity contribution in [2.45, 2.75) is 19.9 Å². The highest BCUT2D eigenvalue weighted by molar-refractivity contribution is 6.30. The summed E-state index contributed by atoms with van der Waals surface area (Å²) in [5.74, 6) is 0. The van der Waals surface area contributed by atoms with Crippen LogP contribution in [-0.4, -0.2) is 22.4 Å². The molecule has 0 saturated carbocycles. The lowest BCUT2D eigenvalue weighted by Gasteiger charge is -2.10. The fourth-order valence-electron chi connectivity index (χ4n) is 1.81. The lowest BCUT2D eigenvalue weighted by atomic mass is 10.2. The summed E-state index contributed by atoms with van der Waals surface area (Å²) in [6.45, 7) is 3.28. The summed E-state index contributed by atoms with van der Waals surface area (Å²) >= 11 is 5.87. The molecule has 6 heteroatoms. The maximum Gasteiger partial charge on any atom is 0.319 e. The molecule has 0 aliphatic rings. The molecule has 2 aromatic rings. The summed E-state index contributed by atoms with van der Waals surface area (Å²) in [5, 5.41) is 10.4. The van der Waals surface area contributed by atoms with Crippen LogP contribution < -0.4 is 10.6 Å². The molecule has 0 unspecified atom stereocenters. The van der Waals surface area contributed by atoms with Crippen molar-refractivity contribution in [3.63, 3.8) is 0 Å². The monoisotopic (exact) mass is 292 g/mol. The second-order valence-electron chi connectivity index (χ2n) is 4.46. The Morgan fingerprint density at radius 2 is 2.30 bits per heavy atom. The van der Waals surface area contributed by atoms with E-state index < -0.39 is 0 Å². The van der Waals surface area contributed by atoms with Crippen molar-refractivity contribution in [2.75, 3.05) is 11.9 Å². The van der Waals surface area contributed by atoms with E-state index in [1.165, 1.54) is 0 Å². The number of aromatic nitrogens is 2. The van der Waals surface area contributed by atoms with E-state index in [1.54, 1.807) is 18.3 Å². The molecule has 2 amide bonds. The first-order valence-electron chi connectivity index (χ1n) is 6.43. The van der Waals surface area contributed by atoms with Crippen molar-refractivity contribution in [3.8, 4) is 0 Å². The van der Waals surface area contributed by atoms with Gasteiger partial charge in [0.25, 0.3) is 0 Å². The van der Waals surface area contributed by atoms with Crippen LogP contribution in [0.4, 0.5) is 10.5 Å². The topological polar surface area (TPSA) is 59.0 Å². The Morgan fingerprint density at radius 3 is 3.00 bits per heavy atom. The molecule has 0 spiro atoms. The second-order valence-corrected chi connectivity index (χ2v) is 4.90. The Balaban J connectivity index is 1.72. The molecular formula is C14H17ClN4O. The van der Waals surface area contributed by atoms with Gasteiger partial charge < -0.3 is 10.6 Å². The molecule has 106 valence electrons. The number of nitrogens with zero attached hydrogens (tertiary/aromatic N) is 2.